The lowest BCUT2D eigenvalue weighted by Crippen LogP contribution is -2.16. The lowest BCUT2D eigenvalue weighted by molar-refractivity contribution is -0.0494. The third-order valence-corrected chi connectivity index (χ3v) is 3.12. The zero-order chi connectivity index (χ0) is 13.0. The van der Waals surface area contributed by atoms with Crippen molar-refractivity contribution in [2.75, 3.05) is 12.4 Å². The van der Waals surface area contributed by atoms with Crippen molar-refractivity contribution in [2.45, 2.75) is 38.3 Å². The first kappa shape index (κ1) is 12.9. The van der Waals surface area contributed by atoms with Crippen LogP contribution in [0.4, 0.5) is 14.5 Å². The standard InChI is InChI=1S/C13H17F2NO2/c1-17-10-6-7-12(18-13(14)15)11(8-10)16-9-4-2-3-5-9/h6-9,13,16H,2-5H2,1H3. The van der Waals surface area contributed by atoms with Gasteiger partial charge in [0.05, 0.1) is 12.8 Å². The molecule has 1 saturated carbocycles. The van der Waals surface area contributed by atoms with Crippen LogP contribution in [0.3, 0.4) is 0 Å². The number of hydrogen-bond donors (Lipinski definition) is 1. The summed E-state index contributed by atoms with van der Waals surface area (Å²) in [4.78, 5) is 0. The first-order valence-electron chi connectivity index (χ1n) is 6.08. The maximum Gasteiger partial charge on any atom is 0.387 e. The summed E-state index contributed by atoms with van der Waals surface area (Å²) in [7, 11) is 1.54. The Morgan fingerprint density at radius 1 is 1.28 bits per heavy atom. The molecule has 18 heavy (non-hydrogen) atoms. The molecule has 0 unspecified atom stereocenters. The van der Waals surface area contributed by atoms with Crippen molar-refractivity contribution in [1.29, 1.82) is 0 Å². The zero-order valence-corrected chi connectivity index (χ0v) is 10.3. The van der Waals surface area contributed by atoms with Gasteiger partial charge in [-0.05, 0) is 25.0 Å². The number of methoxy groups -OCH3 is 1. The van der Waals surface area contributed by atoms with E-state index < -0.39 is 6.61 Å². The van der Waals surface area contributed by atoms with Gasteiger partial charge in [0.25, 0.3) is 0 Å². The van der Waals surface area contributed by atoms with Gasteiger partial charge in [-0.25, -0.2) is 0 Å². The van der Waals surface area contributed by atoms with Gasteiger partial charge in [0.2, 0.25) is 0 Å². The Hall–Kier alpha value is -1.52. The van der Waals surface area contributed by atoms with E-state index in [-0.39, 0.29) is 5.75 Å². The van der Waals surface area contributed by atoms with Crippen LogP contribution in [0.2, 0.25) is 0 Å². The van der Waals surface area contributed by atoms with E-state index in [1.165, 1.54) is 18.9 Å². The Morgan fingerprint density at radius 3 is 2.61 bits per heavy atom. The van der Waals surface area contributed by atoms with Crippen LogP contribution in [0.25, 0.3) is 0 Å². The van der Waals surface area contributed by atoms with Crippen molar-refractivity contribution in [2.24, 2.45) is 0 Å². The molecule has 1 aromatic rings. The fourth-order valence-corrected chi connectivity index (χ4v) is 2.24. The average molecular weight is 257 g/mol. The van der Waals surface area contributed by atoms with E-state index in [2.05, 4.69) is 10.1 Å². The number of rotatable bonds is 5. The quantitative estimate of drug-likeness (QED) is 0.873. The summed E-state index contributed by atoms with van der Waals surface area (Å²) in [6.07, 6.45) is 4.47. The minimum Gasteiger partial charge on any atom is -0.497 e. The summed E-state index contributed by atoms with van der Waals surface area (Å²) in [6, 6.07) is 5.13. The predicted octanol–water partition coefficient (Wildman–Crippen LogP) is 3.65. The SMILES string of the molecule is COc1ccc(OC(F)F)c(NC2CCCC2)c1. The summed E-state index contributed by atoms with van der Waals surface area (Å²) in [5.41, 5.74) is 0.571. The van der Waals surface area contributed by atoms with Crippen LogP contribution in [0, 0.1) is 0 Å². The van der Waals surface area contributed by atoms with Crippen molar-refractivity contribution >= 4 is 5.69 Å². The smallest absolute Gasteiger partial charge is 0.387 e. The fraction of sp³-hybridized carbons (Fsp3) is 0.538. The van der Waals surface area contributed by atoms with Crippen molar-refractivity contribution in [3.63, 3.8) is 0 Å². The van der Waals surface area contributed by atoms with Crippen molar-refractivity contribution in [3.8, 4) is 11.5 Å². The maximum atomic E-state index is 12.3. The van der Waals surface area contributed by atoms with Crippen LogP contribution < -0.4 is 14.8 Å². The van der Waals surface area contributed by atoms with E-state index in [1.807, 2.05) is 0 Å². The van der Waals surface area contributed by atoms with Gasteiger partial charge in [0, 0.05) is 12.1 Å². The highest BCUT2D eigenvalue weighted by molar-refractivity contribution is 5.60. The third-order valence-electron chi connectivity index (χ3n) is 3.12. The normalized spacial score (nSPS) is 16.0. The Kier molecular flexibility index (Phi) is 4.23. The second-order valence-corrected chi connectivity index (χ2v) is 4.37. The first-order chi connectivity index (χ1) is 8.69. The van der Waals surface area contributed by atoms with Crippen LogP contribution in [0.1, 0.15) is 25.7 Å². The average Bonchev–Trinajstić information content (AvgIpc) is 2.83. The molecule has 3 nitrogen and oxygen atoms in total. The van der Waals surface area contributed by atoms with Gasteiger partial charge in [-0.15, -0.1) is 0 Å². The molecule has 2 rings (SSSR count). The van der Waals surface area contributed by atoms with E-state index in [0.29, 0.717) is 17.5 Å². The molecule has 1 N–H and O–H groups in total. The van der Waals surface area contributed by atoms with Crippen molar-refractivity contribution in [1.82, 2.24) is 0 Å². The largest absolute Gasteiger partial charge is 0.497 e. The van der Waals surface area contributed by atoms with E-state index in [9.17, 15) is 8.78 Å². The molecule has 1 aromatic carbocycles. The van der Waals surface area contributed by atoms with Crippen LogP contribution >= 0.6 is 0 Å². The highest BCUT2D eigenvalue weighted by Gasteiger charge is 2.18. The molecule has 0 spiro atoms. The summed E-state index contributed by atoms with van der Waals surface area (Å²) in [5, 5.41) is 3.25. The predicted molar refractivity (Wildman–Crippen MR) is 65.5 cm³/mol. The van der Waals surface area contributed by atoms with Crippen LogP contribution in [0.15, 0.2) is 18.2 Å². The number of hydrogen-bond acceptors (Lipinski definition) is 3. The second-order valence-electron chi connectivity index (χ2n) is 4.37. The summed E-state index contributed by atoms with van der Waals surface area (Å²) in [5.74, 6) is 0.787. The number of benzene rings is 1. The lowest BCUT2D eigenvalue weighted by atomic mass is 10.2. The molecule has 1 aliphatic rings. The first-order valence-corrected chi connectivity index (χ1v) is 6.08. The summed E-state index contributed by atoms with van der Waals surface area (Å²) in [6.45, 7) is -2.82. The monoisotopic (exact) mass is 257 g/mol. The van der Waals surface area contributed by atoms with E-state index in [0.717, 1.165) is 12.8 Å². The van der Waals surface area contributed by atoms with Gasteiger partial charge in [-0.3, -0.25) is 0 Å². The molecule has 0 amide bonds. The van der Waals surface area contributed by atoms with Gasteiger partial charge in [-0.1, -0.05) is 12.8 Å². The number of alkyl halides is 2. The lowest BCUT2D eigenvalue weighted by Gasteiger charge is -2.18. The van der Waals surface area contributed by atoms with Gasteiger partial charge in [-0.2, -0.15) is 8.78 Å². The van der Waals surface area contributed by atoms with Gasteiger partial charge >= 0.3 is 6.61 Å². The highest BCUT2D eigenvalue weighted by atomic mass is 19.3. The fourth-order valence-electron chi connectivity index (χ4n) is 2.24. The molecule has 100 valence electrons. The zero-order valence-electron chi connectivity index (χ0n) is 10.3. The molecule has 0 saturated heterocycles. The number of anilines is 1. The molecule has 0 heterocycles. The van der Waals surface area contributed by atoms with Crippen molar-refractivity contribution < 1.29 is 18.3 Å². The molecule has 5 heteroatoms. The Balaban J connectivity index is 2.16. The molecule has 0 aromatic heterocycles. The minimum absolute atomic E-state index is 0.165. The summed E-state index contributed by atoms with van der Waals surface area (Å²) < 4.78 is 34.2. The second kappa shape index (κ2) is 5.89. The van der Waals surface area contributed by atoms with Crippen molar-refractivity contribution in [3.05, 3.63) is 18.2 Å². The Bertz CT molecular complexity index is 393. The van der Waals surface area contributed by atoms with Gasteiger partial charge < -0.3 is 14.8 Å². The molecular formula is C13H17F2NO2. The van der Waals surface area contributed by atoms with E-state index >= 15 is 0 Å². The molecular weight excluding hydrogens is 240 g/mol. The number of nitrogens with one attached hydrogen (secondary N) is 1. The van der Waals surface area contributed by atoms with Gasteiger partial charge in [0.15, 0.2) is 0 Å². The number of ether oxygens (including phenoxy) is 2. The maximum absolute atomic E-state index is 12.3. The molecule has 0 atom stereocenters. The molecule has 0 aliphatic heterocycles. The Labute approximate surface area is 105 Å². The Morgan fingerprint density at radius 2 is 2.00 bits per heavy atom. The third kappa shape index (κ3) is 3.24. The molecule has 1 aliphatic carbocycles. The van der Waals surface area contributed by atoms with Gasteiger partial charge in [0.1, 0.15) is 11.5 Å². The van der Waals surface area contributed by atoms with Crippen LogP contribution in [-0.4, -0.2) is 19.8 Å². The summed E-state index contributed by atoms with van der Waals surface area (Å²) >= 11 is 0. The van der Waals surface area contributed by atoms with Crippen LogP contribution in [0.5, 0.6) is 11.5 Å². The van der Waals surface area contributed by atoms with E-state index in [4.69, 9.17) is 4.74 Å². The molecule has 0 bridgehead atoms. The molecule has 1 fully saturated rings. The van der Waals surface area contributed by atoms with E-state index in [1.54, 1.807) is 19.2 Å². The molecule has 0 radical (unpaired) electrons. The van der Waals surface area contributed by atoms with Crippen LogP contribution in [-0.2, 0) is 0 Å². The highest BCUT2D eigenvalue weighted by Crippen LogP contribution is 2.33. The number of halogens is 2. The topological polar surface area (TPSA) is 30.5 Å². The minimum atomic E-state index is -2.82.